The van der Waals surface area contributed by atoms with Crippen LogP contribution in [0.25, 0.3) is 0 Å². The number of benzene rings is 1. The average Bonchev–Trinajstić information content (AvgIpc) is 2.35. The van der Waals surface area contributed by atoms with Gasteiger partial charge in [-0.2, -0.15) is 0 Å². The van der Waals surface area contributed by atoms with Crippen molar-refractivity contribution in [1.29, 1.82) is 0 Å². The molecule has 0 unspecified atom stereocenters. The predicted molar refractivity (Wildman–Crippen MR) is 70.8 cm³/mol. The lowest BCUT2D eigenvalue weighted by Gasteiger charge is -2.13. The summed E-state index contributed by atoms with van der Waals surface area (Å²) >= 11 is 3.52. The summed E-state index contributed by atoms with van der Waals surface area (Å²) in [4.78, 5) is 0. The van der Waals surface area contributed by atoms with Gasteiger partial charge in [0.05, 0.1) is 20.8 Å². The van der Waals surface area contributed by atoms with Crippen LogP contribution in [0, 0.1) is 0 Å². The summed E-state index contributed by atoms with van der Waals surface area (Å²) in [5, 5.41) is 3.28. The second-order valence-electron chi connectivity index (χ2n) is 3.46. The van der Waals surface area contributed by atoms with Crippen LogP contribution in [0.5, 0.6) is 11.5 Å². The van der Waals surface area contributed by atoms with Gasteiger partial charge in [-0.1, -0.05) is 15.9 Å². The van der Waals surface area contributed by atoms with Gasteiger partial charge in [-0.25, -0.2) is 0 Å². The van der Waals surface area contributed by atoms with Crippen molar-refractivity contribution in [1.82, 2.24) is 5.32 Å². The van der Waals surface area contributed by atoms with Gasteiger partial charge in [-0.05, 0) is 6.07 Å². The van der Waals surface area contributed by atoms with Crippen molar-refractivity contribution in [3.63, 3.8) is 0 Å². The summed E-state index contributed by atoms with van der Waals surface area (Å²) in [5.74, 6) is 1.58. The summed E-state index contributed by atoms with van der Waals surface area (Å²) in [6.07, 6.45) is 0. The summed E-state index contributed by atoms with van der Waals surface area (Å²) in [6.45, 7) is 2.21. The normalized spacial score (nSPS) is 10.4. The van der Waals surface area contributed by atoms with Crippen LogP contribution in [0.15, 0.2) is 16.6 Å². The molecule has 0 amide bonds. The van der Waals surface area contributed by atoms with Gasteiger partial charge < -0.3 is 19.5 Å². The van der Waals surface area contributed by atoms with Crippen LogP contribution < -0.4 is 14.8 Å². The van der Waals surface area contributed by atoms with E-state index in [0.717, 1.165) is 34.6 Å². The van der Waals surface area contributed by atoms with Crippen molar-refractivity contribution >= 4 is 15.9 Å². The molecule has 0 atom stereocenters. The third-order valence-electron chi connectivity index (χ3n) is 2.37. The summed E-state index contributed by atoms with van der Waals surface area (Å²) in [6, 6.07) is 3.80. The van der Waals surface area contributed by atoms with Gasteiger partial charge >= 0.3 is 0 Å². The molecule has 0 bridgehead atoms. The lowest BCUT2D eigenvalue weighted by molar-refractivity contribution is 0.199. The van der Waals surface area contributed by atoms with E-state index in [1.807, 2.05) is 12.1 Å². The van der Waals surface area contributed by atoms with Gasteiger partial charge in [0.2, 0.25) is 0 Å². The first kappa shape index (κ1) is 14.3. The van der Waals surface area contributed by atoms with Crippen LogP contribution in [0.1, 0.15) is 5.56 Å². The zero-order valence-electron chi connectivity index (χ0n) is 10.4. The van der Waals surface area contributed by atoms with E-state index in [-0.39, 0.29) is 0 Å². The zero-order valence-corrected chi connectivity index (χ0v) is 12.0. The topological polar surface area (TPSA) is 39.7 Å². The number of ether oxygens (including phenoxy) is 3. The molecule has 17 heavy (non-hydrogen) atoms. The van der Waals surface area contributed by atoms with E-state index in [0.29, 0.717) is 6.61 Å². The smallest absolute Gasteiger partial charge is 0.128 e. The Kier molecular flexibility index (Phi) is 6.32. The van der Waals surface area contributed by atoms with Gasteiger partial charge in [0.25, 0.3) is 0 Å². The molecular formula is C12H18BrNO3. The highest BCUT2D eigenvalue weighted by atomic mass is 79.9. The molecule has 0 aliphatic rings. The molecule has 0 heterocycles. The highest BCUT2D eigenvalue weighted by molar-refractivity contribution is 9.10. The number of halogens is 1. The fourth-order valence-corrected chi connectivity index (χ4v) is 2.01. The Morgan fingerprint density at radius 3 is 2.53 bits per heavy atom. The van der Waals surface area contributed by atoms with Gasteiger partial charge in [0.15, 0.2) is 0 Å². The van der Waals surface area contributed by atoms with E-state index >= 15 is 0 Å². The molecule has 0 aromatic heterocycles. The second-order valence-corrected chi connectivity index (χ2v) is 4.31. The maximum Gasteiger partial charge on any atom is 0.128 e. The monoisotopic (exact) mass is 303 g/mol. The molecule has 1 aromatic carbocycles. The molecule has 0 aliphatic carbocycles. The molecule has 0 spiro atoms. The van der Waals surface area contributed by atoms with Crippen LogP contribution in [0.4, 0.5) is 0 Å². The molecule has 0 saturated heterocycles. The predicted octanol–water partition coefficient (Wildman–Crippen LogP) is 2.20. The Morgan fingerprint density at radius 2 is 1.94 bits per heavy atom. The molecule has 0 aliphatic heterocycles. The van der Waals surface area contributed by atoms with Gasteiger partial charge in [-0.15, -0.1) is 0 Å². The van der Waals surface area contributed by atoms with Crippen molar-refractivity contribution in [3.8, 4) is 11.5 Å². The molecule has 0 fully saturated rings. The molecule has 0 saturated carbocycles. The Balaban J connectivity index is 2.75. The second kappa shape index (κ2) is 7.53. The van der Waals surface area contributed by atoms with Crippen LogP contribution in [0.2, 0.25) is 0 Å². The summed E-state index contributed by atoms with van der Waals surface area (Å²) in [7, 11) is 4.98. The first-order valence-electron chi connectivity index (χ1n) is 5.33. The Hall–Kier alpha value is -0.780. The van der Waals surface area contributed by atoms with Crippen molar-refractivity contribution < 1.29 is 14.2 Å². The summed E-state index contributed by atoms with van der Waals surface area (Å²) < 4.78 is 16.5. The van der Waals surface area contributed by atoms with E-state index < -0.39 is 0 Å². The van der Waals surface area contributed by atoms with E-state index in [4.69, 9.17) is 14.2 Å². The molecular weight excluding hydrogens is 286 g/mol. The quantitative estimate of drug-likeness (QED) is 0.784. The highest BCUT2D eigenvalue weighted by Gasteiger charge is 2.10. The Bertz CT molecular complexity index is 358. The van der Waals surface area contributed by atoms with Crippen LogP contribution in [-0.4, -0.2) is 34.5 Å². The SMILES string of the molecule is COCCNCc1c(Br)cc(OC)cc1OC. The van der Waals surface area contributed by atoms with Crippen molar-refractivity contribution in [3.05, 3.63) is 22.2 Å². The minimum absolute atomic E-state index is 0.691. The average molecular weight is 304 g/mol. The molecule has 4 nitrogen and oxygen atoms in total. The number of hydrogen-bond acceptors (Lipinski definition) is 4. The Labute approximate surface area is 110 Å². The van der Waals surface area contributed by atoms with Gasteiger partial charge in [0, 0.05) is 36.3 Å². The number of methoxy groups -OCH3 is 3. The van der Waals surface area contributed by atoms with Crippen LogP contribution >= 0.6 is 15.9 Å². The minimum atomic E-state index is 0.691. The van der Waals surface area contributed by atoms with Crippen LogP contribution in [-0.2, 0) is 11.3 Å². The zero-order chi connectivity index (χ0) is 12.7. The molecule has 5 heteroatoms. The van der Waals surface area contributed by atoms with Crippen molar-refractivity contribution in [2.75, 3.05) is 34.5 Å². The van der Waals surface area contributed by atoms with E-state index in [1.54, 1.807) is 21.3 Å². The molecule has 1 rings (SSSR count). The lowest BCUT2D eigenvalue weighted by Crippen LogP contribution is -2.19. The molecule has 96 valence electrons. The van der Waals surface area contributed by atoms with Gasteiger partial charge in [0.1, 0.15) is 11.5 Å². The number of hydrogen-bond donors (Lipinski definition) is 1. The molecule has 1 aromatic rings. The van der Waals surface area contributed by atoms with Crippen molar-refractivity contribution in [2.24, 2.45) is 0 Å². The third-order valence-corrected chi connectivity index (χ3v) is 3.08. The molecule has 1 N–H and O–H groups in total. The minimum Gasteiger partial charge on any atom is -0.497 e. The van der Waals surface area contributed by atoms with Crippen molar-refractivity contribution in [2.45, 2.75) is 6.54 Å². The number of rotatable bonds is 7. The van der Waals surface area contributed by atoms with E-state index in [2.05, 4.69) is 21.2 Å². The van der Waals surface area contributed by atoms with E-state index in [1.165, 1.54) is 0 Å². The summed E-state index contributed by atoms with van der Waals surface area (Å²) in [5.41, 5.74) is 1.07. The van der Waals surface area contributed by atoms with Crippen LogP contribution in [0.3, 0.4) is 0 Å². The lowest BCUT2D eigenvalue weighted by atomic mass is 10.2. The highest BCUT2D eigenvalue weighted by Crippen LogP contribution is 2.32. The Morgan fingerprint density at radius 1 is 1.18 bits per heavy atom. The van der Waals surface area contributed by atoms with E-state index in [9.17, 15) is 0 Å². The largest absolute Gasteiger partial charge is 0.497 e. The fraction of sp³-hybridized carbons (Fsp3) is 0.500. The molecule has 0 radical (unpaired) electrons. The standard InChI is InChI=1S/C12H18BrNO3/c1-15-5-4-14-8-10-11(13)6-9(16-2)7-12(10)17-3/h6-7,14H,4-5,8H2,1-3H3. The maximum absolute atomic E-state index is 5.34. The fourth-order valence-electron chi connectivity index (χ4n) is 1.45. The number of nitrogens with one attached hydrogen (secondary N) is 1. The third kappa shape index (κ3) is 4.18. The van der Waals surface area contributed by atoms with Gasteiger partial charge in [-0.3, -0.25) is 0 Å². The first-order chi connectivity index (χ1) is 8.22. The maximum atomic E-state index is 5.34. The first-order valence-corrected chi connectivity index (χ1v) is 6.12.